The minimum absolute atomic E-state index is 0.193. The summed E-state index contributed by atoms with van der Waals surface area (Å²) < 4.78 is 0. The van der Waals surface area contributed by atoms with Crippen molar-refractivity contribution in [3.05, 3.63) is 64.7 Å². The van der Waals surface area contributed by atoms with Crippen molar-refractivity contribution < 1.29 is 9.68 Å². The van der Waals surface area contributed by atoms with Crippen LogP contribution in [0.1, 0.15) is 72.7 Å². The lowest BCUT2D eigenvalue weighted by atomic mass is 9.88. The highest BCUT2D eigenvalue weighted by atomic mass is 17.0. The summed E-state index contributed by atoms with van der Waals surface area (Å²) in [4.78, 5) is 16.9. The molecule has 2 fully saturated rings. The Morgan fingerprint density at radius 1 is 0.970 bits per heavy atom. The van der Waals surface area contributed by atoms with Gasteiger partial charge in [-0.25, -0.2) is 0 Å². The van der Waals surface area contributed by atoms with Crippen LogP contribution in [0.4, 0.5) is 0 Å². The molecule has 178 valence electrons. The average Bonchev–Trinajstić information content (AvgIpc) is 3.59. The van der Waals surface area contributed by atoms with Crippen molar-refractivity contribution in [3.63, 3.8) is 0 Å². The van der Waals surface area contributed by atoms with E-state index in [0.29, 0.717) is 5.92 Å². The van der Waals surface area contributed by atoms with Gasteiger partial charge in [0.1, 0.15) is 6.04 Å². The Labute approximate surface area is 199 Å². The summed E-state index contributed by atoms with van der Waals surface area (Å²) in [7, 11) is 6.01. The normalized spacial score (nSPS) is 22.0. The molecule has 0 spiro atoms. The van der Waals surface area contributed by atoms with E-state index in [1.807, 2.05) is 0 Å². The molecule has 2 aromatic rings. The van der Waals surface area contributed by atoms with Crippen LogP contribution in [0, 0.1) is 5.92 Å². The third-order valence-electron chi connectivity index (χ3n) is 7.57. The number of piperidine rings is 1. The monoisotopic (exact) mass is 449 g/mol. The Morgan fingerprint density at radius 2 is 1.73 bits per heavy atom. The molecular formula is C28H39N3O2. The van der Waals surface area contributed by atoms with Gasteiger partial charge in [0, 0.05) is 24.2 Å². The predicted octanol–water partition coefficient (Wildman–Crippen LogP) is 5.53. The van der Waals surface area contributed by atoms with Crippen LogP contribution < -0.4 is 4.84 Å². The van der Waals surface area contributed by atoms with Crippen molar-refractivity contribution in [2.45, 2.75) is 63.6 Å². The molecule has 0 radical (unpaired) electrons. The highest BCUT2D eigenvalue weighted by molar-refractivity contribution is 5.52. The average molecular weight is 450 g/mol. The second-order valence-electron chi connectivity index (χ2n) is 10.4. The third-order valence-corrected chi connectivity index (χ3v) is 7.57. The van der Waals surface area contributed by atoms with Crippen LogP contribution in [-0.2, 0) is 17.9 Å². The number of rotatable bonds is 9. The summed E-state index contributed by atoms with van der Waals surface area (Å²) in [5, 5.41) is 1.76. The molecule has 3 aliphatic rings. The third kappa shape index (κ3) is 5.27. The Morgan fingerprint density at radius 3 is 2.39 bits per heavy atom. The van der Waals surface area contributed by atoms with Gasteiger partial charge in [0.15, 0.2) is 5.75 Å². The lowest BCUT2D eigenvalue weighted by Gasteiger charge is -2.32. The van der Waals surface area contributed by atoms with Crippen molar-refractivity contribution >= 4 is 0 Å². The first-order chi connectivity index (χ1) is 16.1. The van der Waals surface area contributed by atoms with E-state index in [2.05, 4.69) is 66.4 Å². The number of hydrogen-bond donors (Lipinski definition) is 0. The Hall–Kier alpha value is -1.92. The molecule has 1 saturated carbocycles. The fraction of sp³-hybridized carbons (Fsp3) is 0.571. The highest BCUT2D eigenvalue weighted by Crippen LogP contribution is 2.52. The summed E-state index contributed by atoms with van der Waals surface area (Å²) >= 11 is 0. The van der Waals surface area contributed by atoms with Crippen molar-refractivity contribution in [1.82, 2.24) is 15.0 Å². The van der Waals surface area contributed by atoms with Gasteiger partial charge in [0.25, 0.3) is 0 Å². The number of benzene rings is 2. The number of hydrogen-bond acceptors (Lipinski definition) is 5. The molecule has 5 heteroatoms. The minimum atomic E-state index is 0.193. The lowest BCUT2D eigenvalue weighted by molar-refractivity contribution is -0.315. The number of hydroxylamine groups is 2. The van der Waals surface area contributed by atoms with Gasteiger partial charge in [0.2, 0.25) is 0 Å². The van der Waals surface area contributed by atoms with Crippen LogP contribution >= 0.6 is 0 Å². The molecule has 1 saturated heterocycles. The van der Waals surface area contributed by atoms with Gasteiger partial charge < -0.3 is 9.74 Å². The lowest BCUT2D eigenvalue weighted by Crippen LogP contribution is -2.33. The van der Waals surface area contributed by atoms with Crippen LogP contribution in [0.25, 0.3) is 0 Å². The van der Waals surface area contributed by atoms with Crippen molar-refractivity contribution in [2.24, 2.45) is 5.92 Å². The van der Waals surface area contributed by atoms with E-state index in [1.54, 1.807) is 12.3 Å². The van der Waals surface area contributed by atoms with Crippen LogP contribution in [0.2, 0.25) is 0 Å². The summed E-state index contributed by atoms with van der Waals surface area (Å²) in [5.41, 5.74) is 5.58. The minimum Gasteiger partial charge on any atom is -0.379 e. The van der Waals surface area contributed by atoms with E-state index in [1.165, 1.54) is 67.4 Å². The summed E-state index contributed by atoms with van der Waals surface area (Å²) in [6.45, 7) is 4.44. The van der Waals surface area contributed by atoms with Crippen LogP contribution in [0.3, 0.4) is 0 Å². The molecule has 33 heavy (non-hydrogen) atoms. The van der Waals surface area contributed by atoms with E-state index < -0.39 is 0 Å². The number of nitrogens with zero attached hydrogens (tertiary/aromatic N) is 3. The number of likely N-dealkylation sites (tertiary alicyclic amines) is 1. The maximum Gasteiger partial charge on any atom is 0.159 e. The zero-order chi connectivity index (χ0) is 22.8. The van der Waals surface area contributed by atoms with E-state index in [9.17, 15) is 0 Å². The first-order valence-electron chi connectivity index (χ1n) is 12.7. The maximum atomic E-state index is 6.33. The van der Waals surface area contributed by atoms with E-state index in [-0.39, 0.29) is 6.04 Å². The molecule has 1 atom stereocenters. The summed E-state index contributed by atoms with van der Waals surface area (Å²) in [5.74, 6) is 2.53. The molecule has 0 bridgehead atoms. The fourth-order valence-electron chi connectivity index (χ4n) is 5.68. The van der Waals surface area contributed by atoms with Crippen molar-refractivity contribution in [2.75, 3.05) is 34.3 Å². The van der Waals surface area contributed by atoms with Crippen LogP contribution in [0.15, 0.2) is 42.5 Å². The molecule has 0 aromatic heterocycles. The second kappa shape index (κ2) is 10.1. The first kappa shape index (κ1) is 22.9. The van der Waals surface area contributed by atoms with E-state index >= 15 is 0 Å². The summed E-state index contributed by atoms with van der Waals surface area (Å²) in [6.07, 6.45) is 7.44. The van der Waals surface area contributed by atoms with Gasteiger partial charge in [0.05, 0.1) is 7.11 Å². The molecule has 2 heterocycles. The molecule has 5 nitrogen and oxygen atoms in total. The molecule has 5 rings (SSSR count). The van der Waals surface area contributed by atoms with E-state index in [4.69, 9.17) is 9.68 Å². The maximum absolute atomic E-state index is 6.33. The zero-order valence-corrected chi connectivity index (χ0v) is 20.5. The molecule has 2 aromatic carbocycles. The summed E-state index contributed by atoms with van der Waals surface area (Å²) in [6, 6.07) is 15.7. The number of fused-ring (bicyclic) bond motifs is 1. The largest absolute Gasteiger partial charge is 0.379 e. The fourth-order valence-corrected chi connectivity index (χ4v) is 5.68. The predicted molar refractivity (Wildman–Crippen MR) is 132 cm³/mol. The zero-order valence-electron chi connectivity index (χ0n) is 20.5. The van der Waals surface area contributed by atoms with Crippen LogP contribution in [-0.4, -0.2) is 49.3 Å². The Kier molecular flexibility index (Phi) is 7.02. The molecule has 1 aliphatic carbocycles. The van der Waals surface area contributed by atoms with Gasteiger partial charge in [-0.1, -0.05) is 42.5 Å². The molecule has 0 N–H and O–H groups in total. The first-order valence-corrected chi connectivity index (χ1v) is 12.7. The smallest absolute Gasteiger partial charge is 0.159 e. The molecule has 1 unspecified atom stereocenters. The van der Waals surface area contributed by atoms with Gasteiger partial charge >= 0.3 is 0 Å². The topological polar surface area (TPSA) is 28.2 Å². The molecule has 0 amide bonds. The van der Waals surface area contributed by atoms with Gasteiger partial charge in [-0.15, -0.1) is 0 Å². The standard InChI is InChI=1S/C28H39N3O2/c1-29(2)20-24-12-13-25-26(31(32-3)33-28(25)27(24)23-10-11-23)14-9-21-15-17-30(18-16-21)19-22-7-5-4-6-8-22/h4-8,12-13,21,23,26H,9-11,14-20H2,1-3H3. The van der Waals surface area contributed by atoms with Gasteiger partial charge in [-0.05, 0) is 93.9 Å². The SMILES string of the molecule is CON1Oc2c(ccc(CN(C)C)c2C2CC2)C1CCC1CCN(Cc2ccccc2)CC1. The van der Waals surface area contributed by atoms with E-state index in [0.717, 1.165) is 31.2 Å². The van der Waals surface area contributed by atoms with Gasteiger partial charge in [-0.2, -0.15) is 0 Å². The Balaban J connectivity index is 1.21. The van der Waals surface area contributed by atoms with Gasteiger partial charge in [-0.3, -0.25) is 9.74 Å². The molecular weight excluding hydrogens is 410 g/mol. The van der Waals surface area contributed by atoms with Crippen molar-refractivity contribution in [3.8, 4) is 5.75 Å². The van der Waals surface area contributed by atoms with Crippen molar-refractivity contribution in [1.29, 1.82) is 0 Å². The highest BCUT2D eigenvalue weighted by Gasteiger charge is 2.40. The molecule has 2 aliphatic heterocycles. The second-order valence-corrected chi connectivity index (χ2v) is 10.4. The quantitative estimate of drug-likeness (QED) is 0.502. The Bertz CT molecular complexity index is 920. The van der Waals surface area contributed by atoms with Crippen LogP contribution in [0.5, 0.6) is 5.75 Å².